The standard InChI is InChI=1S/C23H23N5O2S/c1-17(18-7-4-3-5-8-18)27(2)21(29)16-31-23-26-25-22(19-10-12-24-13-11-19)28(23)15-20-9-6-14-30-20/h3-14,17H,15-16H2,1-2H3. The Morgan fingerprint density at radius 2 is 1.87 bits per heavy atom. The lowest BCUT2D eigenvalue weighted by Crippen LogP contribution is -2.31. The second kappa shape index (κ2) is 9.61. The van der Waals surface area contributed by atoms with Gasteiger partial charge in [0.05, 0.1) is 24.6 Å². The van der Waals surface area contributed by atoms with Crippen LogP contribution in [-0.4, -0.2) is 43.4 Å². The Morgan fingerprint density at radius 3 is 2.58 bits per heavy atom. The van der Waals surface area contributed by atoms with E-state index in [1.165, 1.54) is 11.8 Å². The van der Waals surface area contributed by atoms with E-state index in [0.29, 0.717) is 17.5 Å². The van der Waals surface area contributed by atoms with Gasteiger partial charge in [-0.25, -0.2) is 0 Å². The minimum absolute atomic E-state index is 0.0114. The van der Waals surface area contributed by atoms with E-state index in [4.69, 9.17) is 4.42 Å². The molecule has 1 aromatic carbocycles. The Morgan fingerprint density at radius 1 is 1.10 bits per heavy atom. The van der Waals surface area contributed by atoms with E-state index in [2.05, 4.69) is 15.2 Å². The summed E-state index contributed by atoms with van der Waals surface area (Å²) in [5.41, 5.74) is 2.01. The summed E-state index contributed by atoms with van der Waals surface area (Å²) >= 11 is 1.37. The molecule has 0 bridgehead atoms. The Bertz CT molecular complexity index is 1110. The lowest BCUT2D eigenvalue weighted by atomic mass is 10.1. The summed E-state index contributed by atoms with van der Waals surface area (Å²) < 4.78 is 7.49. The van der Waals surface area contributed by atoms with Crippen molar-refractivity contribution < 1.29 is 9.21 Å². The number of amides is 1. The van der Waals surface area contributed by atoms with Gasteiger partial charge in [-0.2, -0.15) is 0 Å². The average Bonchev–Trinajstić information content (AvgIpc) is 3.48. The van der Waals surface area contributed by atoms with Crippen LogP contribution in [0.25, 0.3) is 11.4 Å². The van der Waals surface area contributed by atoms with Gasteiger partial charge in [0.2, 0.25) is 5.91 Å². The maximum Gasteiger partial charge on any atom is 0.233 e. The van der Waals surface area contributed by atoms with Crippen LogP contribution in [0.5, 0.6) is 0 Å². The first kappa shape index (κ1) is 20.9. The van der Waals surface area contributed by atoms with Crippen LogP contribution in [0.2, 0.25) is 0 Å². The minimum atomic E-state index is -0.0114. The zero-order chi connectivity index (χ0) is 21.6. The fourth-order valence-corrected chi connectivity index (χ4v) is 4.07. The maximum absolute atomic E-state index is 12.9. The molecule has 0 aliphatic rings. The van der Waals surface area contributed by atoms with Crippen LogP contribution in [0, 0.1) is 0 Å². The first-order valence-electron chi connectivity index (χ1n) is 9.93. The van der Waals surface area contributed by atoms with Crippen molar-refractivity contribution in [3.63, 3.8) is 0 Å². The monoisotopic (exact) mass is 433 g/mol. The molecule has 158 valence electrons. The molecule has 0 aliphatic carbocycles. The number of aromatic nitrogens is 4. The Labute approximate surface area is 185 Å². The van der Waals surface area contributed by atoms with Gasteiger partial charge in [-0.05, 0) is 36.8 Å². The van der Waals surface area contributed by atoms with Crippen molar-refractivity contribution >= 4 is 17.7 Å². The summed E-state index contributed by atoms with van der Waals surface area (Å²) in [7, 11) is 1.83. The van der Waals surface area contributed by atoms with Crippen molar-refractivity contribution in [2.45, 2.75) is 24.7 Å². The number of carbonyl (C=O) groups is 1. The van der Waals surface area contributed by atoms with Crippen LogP contribution in [0.3, 0.4) is 0 Å². The number of hydrogen-bond acceptors (Lipinski definition) is 6. The molecule has 1 unspecified atom stereocenters. The molecule has 0 aliphatic heterocycles. The smallest absolute Gasteiger partial charge is 0.233 e. The highest BCUT2D eigenvalue weighted by molar-refractivity contribution is 7.99. The predicted octanol–water partition coefficient (Wildman–Crippen LogP) is 4.29. The number of furan rings is 1. The summed E-state index contributed by atoms with van der Waals surface area (Å²) in [6, 6.07) is 17.5. The molecular formula is C23H23N5O2S. The van der Waals surface area contributed by atoms with E-state index in [1.54, 1.807) is 23.6 Å². The van der Waals surface area contributed by atoms with Gasteiger partial charge in [-0.15, -0.1) is 10.2 Å². The summed E-state index contributed by atoms with van der Waals surface area (Å²) in [5.74, 6) is 1.79. The third kappa shape index (κ3) is 4.86. The van der Waals surface area contributed by atoms with Crippen molar-refractivity contribution in [2.75, 3.05) is 12.8 Å². The van der Waals surface area contributed by atoms with Gasteiger partial charge in [-0.3, -0.25) is 14.3 Å². The number of pyridine rings is 1. The molecule has 3 aromatic heterocycles. The van der Waals surface area contributed by atoms with E-state index >= 15 is 0 Å². The summed E-state index contributed by atoms with van der Waals surface area (Å²) in [6.45, 7) is 2.50. The molecule has 0 spiro atoms. The van der Waals surface area contributed by atoms with Gasteiger partial charge < -0.3 is 9.32 Å². The van der Waals surface area contributed by atoms with Crippen molar-refractivity contribution in [3.8, 4) is 11.4 Å². The highest BCUT2D eigenvalue weighted by Crippen LogP contribution is 2.26. The summed E-state index contributed by atoms with van der Waals surface area (Å²) in [5, 5.41) is 9.38. The van der Waals surface area contributed by atoms with Crippen molar-refractivity contribution in [1.29, 1.82) is 0 Å². The highest BCUT2D eigenvalue weighted by Gasteiger charge is 2.20. The maximum atomic E-state index is 12.9. The fourth-order valence-electron chi connectivity index (χ4n) is 3.21. The molecule has 0 N–H and O–H groups in total. The Hall–Kier alpha value is -3.39. The van der Waals surface area contributed by atoms with Crippen molar-refractivity contribution in [2.24, 2.45) is 0 Å². The molecule has 0 fully saturated rings. The van der Waals surface area contributed by atoms with E-state index in [0.717, 1.165) is 16.9 Å². The molecule has 0 saturated carbocycles. The zero-order valence-corrected chi connectivity index (χ0v) is 18.2. The van der Waals surface area contributed by atoms with Crippen molar-refractivity contribution in [1.82, 2.24) is 24.6 Å². The molecule has 0 saturated heterocycles. The van der Waals surface area contributed by atoms with Crippen LogP contribution in [-0.2, 0) is 11.3 Å². The number of thioether (sulfide) groups is 1. The van der Waals surface area contributed by atoms with Crippen molar-refractivity contribution in [3.05, 3.63) is 84.6 Å². The normalized spacial score (nSPS) is 11.9. The lowest BCUT2D eigenvalue weighted by Gasteiger charge is -2.25. The lowest BCUT2D eigenvalue weighted by molar-refractivity contribution is -0.128. The fraction of sp³-hybridized carbons (Fsp3) is 0.217. The van der Waals surface area contributed by atoms with Gasteiger partial charge in [0.25, 0.3) is 0 Å². The van der Waals surface area contributed by atoms with E-state index in [1.807, 2.05) is 73.1 Å². The molecule has 1 amide bonds. The molecule has 1 atom stereocenters. The number of rotatable bonds is 8. The van der Waals surface area contributed by atoms with Gasteiger partial charge in [0.15, 0.2) is 11.0 Å². The number of carbonyl (C=O) groups excluding carboxylic acids is 1. The molecule has 0 radical (unpaired) electrons. The van der Waals surface area contributed by atoms with Crippen LogP contribution in [0.4, 0.5) is 0 Å². The molecule has 4 aromatic rings. The highest BCUT2D eigenvalue weighted by atomic mass is 32.2. The number of benzene rings is 1. The SMILES string of the molecule is CC(c1ccccc1)N(C)C(=O)CSc1nnc(-c2ccncc2)n1Cc1ccco1. The van der Waals surface area contributed by atoms with E-state index in [-0.39, 0.29) is 17.7 Å². The molecule has 4 rings (SSSR count). The Balaban J connectivity index is 1.51. The van der Waals surface area contributed by atoms with Gasteiger partial charge >= 0.3 is 0 Å². The third-order valence-corrected chi connectivity index (χ3v) is 6.08. The average molecular weight is 434 g/mol. The topological polar surface area (TPSA) is 77.1 Å². The second-order valence-electron chi connectivity index (χ2n) is 7.09. The first-order chi connectivity index (χ1) is 15.1. The Kier molecular flexibility index (Phi) is 6.47. The predicted molar refractivity (Wildman–Crippen MR) is 119 cm³/mol. The van der Waals surface area contributed by atoms with Gasteiger partial charge in [0, 0.05) is 25.0 Å². The molecule has 8 heteroatoms. The van der Waals surface area contributed by atoms with Crippen LogP contribution in [0.1, 0.15) is 24.3 Å². The molecular weight excluding hydrogens is 410 g/mol. The summed E-state index contributed by atoms with van der Waals surface area (Å²) in [6.07, 6.45) is 5.08. The van der Waals surface area contributed by atoms with Crippen LogP contribution < -0.4 is 0 Å². The molecule has 7 nitrogen and oxygen atoms in total. The van der Waals surface area contributed by atoms with E-state index in [9.17, 15) is 4.79 Å². The molecule has 31 heavy (non-hydrogen) atoms. The third-order valence-electron chi connectivity index (χ3n) is 5.13. The molecule has 3 heterocycles. The zero-order valence-electron chi connectivity index (χ0n) is 17.4. The number of hydrogen-bond donors (Lipinski definition) is 0. The van der Waals surface area contributed by atoms with Crippen LogP contribution in [0.15, 0.2) is 82.8 Å². The minimum Gasteiger partial charge on any atom is -0.467 e. The summed E-state index contributed by atoms with van der Waals surface area (Å²) in [4.78, 5) is 18.7. The van der Waals surface area contributed by atoms with Gasteiger partial charge in [0.1, 0.15) is 5.76 Å². The largest absolute Gasteiger partial charge is 0.467 e. The van der Waals surface area contributed by atoms with Gasteiger partial charge in [-0.1, -0.05) is 42.1 Å². The number of nitrogens with zero attached hydrogens (tertiary/aromatic N) is 5. The van der Waals surface area contributed by atoms with Crippen LogP contribution >= 0.6 is 11.8 Å². The van der Waals surface area contributed by atoms with E-state index < -0.39 is 0 Å². The quantitative estimate of drug-likeness (QED) is 0.386. The first-order valence-corrected chi connectivity index (χ1v) is 10.9. The second-order valence-corrected chi connectivity index (χ2v) is 8.03.